The van der Waals surface area contributed by atoms with Crippen molar-refractivity contribution in [3.63, 3.8) is 0 Å². The summed E-state index contributed by atoms with van der Waals surface area (Å²) in [6.45, 7) is 2.35. The molecule has 0 fully saturated rings. The number of nitrogens with zero attached hydrogens (tertiary/aromatic N) is 2. The third-order valence-electron chi connectivity index (χ3n) is 6.97. The lowest BCUT2D eigenvalue weighted by Crippen LogP contribution is -2.26. The molecule has 5 aromatic carbocycles. The maximum absolute atomic E-state index is 13.4. The van der Waals surface area contributed by atoms with Gasteiger partial charge < -0.3 is 15.0 Å². The van der Waals surface area contributed by atoms with Crippen LogP contribution in [-0.4, -0.2) is 23.8 Å². The number of nitro groups is 1. The lowest BCUT2D eigenvalue weighted by Gasteiger charge is -2.21. The monoisotopic (exact) mass is 571 g/mol. The molecule has 2 amide bonds. The van der Waals surface area contributed by atoms with Gasteiger partial charge in [0.25, 0.3) is 17.5 Å². The van der Waals surface area contributed by atoms with Crippen LogP contribution >= 0.6 is 0 Å². The molecule has 0 atom stereocenters. The van der Waals surface area contributed by atoms with E-state index in [1.165, 1.54) is 12.1 Å². The molecule has 5 aromatic rings. The number of non-ortho nitro benzene ring substituents is 1. The topological polar surface area (TPSA) is 102 Å². The van der Waals surface area contributed by atoms with Gasteiger partial charge >= 0.3 is 0 Å². The first-order valence-electron chi connectivity index (χ1n) is 13.6. The summed E-state index contributed by atoms with van der Waals surface area (Å²) in [5, 5.41) is 13.9. The van der Waals surface area contributed by atoms with E-state index in [9.17, 15) is 19.7 Å². The molecule has 0 unspecified atom stereocenters. The maximum Gasteiger partial charge on any atom is 0.269 e. The van der Waals surface area contributed by atoms with Crippen LogP contribution in [0.3, 0.4) is 0 Å². The van der Waals surface area contributed by atoms with Crippen molar-refractivity contribution in [3.8, 4) is 16.9 Å². The van der Waals surface area contributed by atoms with Gasteiger partial charge in [0, 0.05) is 36.0 Å². The van der Waals surface area contributed by atoms with Gasteiger partial charge in [0.1, 0.15) is 12.4 Å². The standard InChI is InChI=1S/C35H29N3O5/c1-24-12-21-32(33(22-24)43-23-25-8-4-3-5-9-25)37(2)35(40)27-13-17-28(18-14-27)36-34(39)31-11-7-6-10-30(31)26-15-19-29(20-16-26)38(41)42/h3-22H,23H2,1-2H3,(H,36,39). The maximum atomic E-state index is 13.4. The van der Waals surface area contributed by atoms with Crippen LogP contribution in [0.5, 0.6) is 5.75 Å². The summed E-state index contributed by atoms with van der Waals surface area (Å²) < 4.78 is 6.10. The van der Waals surface area contributed by atoms with E-state index in [0.717, 1.165) is 11.1 Å². The van der Waals surface area contributed by atoms with E-state index in [2.05, 4.69) is 5.32 Å². The smallest absolute Gasteiger partial charge is 0.269 e. The van der Waals surface area contributed by atoms with Gasteiger partial charge in [-0.15, -0.1) is 0 Å². The molecular weight excluding hydrogens is 542 g/mol. The molecule has 1 N–H and O–H groups in total. The highest BCUT2D eigenvalue weighted by Crippen LogP contribution is 2.31. The average Bonchev–Trinajstić information content (AvgIpc) is 3.04. The van der Waals surface area contributed by atoms with Gasteiger partial charge in [-0.05, 0) is 83.8 Å². The molecule has 0 aliphatic rings. The minimum Gasteiger partial charge on any atom is -0.487 e. The Bertz CT molecular complexity index is 1770. The zero-order chi connectivity index (χ0) is 30.3. The van der Waals surface area contributed by atoms with E-state index in [-0.39, 0.29) is 17.5 Å². The summed E-state index contributed by atoms with van der Waals surface area (Å²) in [6, 6.07) is 35.3. The van der Waals surface area contributed by atoms with E-state index >= 15 is 0 Å². The number of anilines is 2. The fourth-order valence-electron chi connectivity index (χ4n) is 4.64. The number of nitro benzene ring substituents is 1. The van der Waals surface area contributed by atoms with Crippen molar-refractivity contribution in [3.05, 3.63) is 154 Å². The van der Waals surface area contributed by atoms with Gasteiger partial charge in [-0.25, -0.2) is 0 Å². The van der Waals surface area contributed by atoms with E-state index in [1.54, 1.807) is 72.6 Å². The van der Waals surface area contributed by atoms with Crippen LogP contribution in [0.1, 0.15) is 31.8 Å². The molecule has 0 spiro atoms. The molecule has 43 heavy (non-hydrogen) atoms. The third-order valence-corrected chi connectivity index (χ3v) is 6.97. The van der Waals surface area contributed by atoms with Gasteiger partial charge in [-0.1, -0.05) is 54.6 Å². The molecule has 0 radical (unpaired) electrons. The van der Waals surface area contributed by atoms with Crippen molar-refractivity contribution < 1.29 is 19.2 Å². The predicted molar refractivity (Wildman–Crippen MR) is 168 cm³/mol. The lowest BCUT2D eigenvalue weighted by atomic mass is 9.99. The molecule has 214 valence electrons. The van der Waals surface area contributed by atoms with E-state index in [1.807, 2.05) is 55.5 Å². The Morgan fingerprint density at radius 3 is 2.21 bits per heavy atom. The fraction of sp³-hybridized carbons (Fsp3) is 0.0857. The van der Waals surface area contributed by atoms with E-state index in [4.69, 9.17) is 4.74 Å². The van der Waals surface area contributed by atoms with Crippen molar-refractivity contribution in [2.75, 3.05) is 17.3 Å². The van der Waals surface area contributed by atoms with Gasteiger partial charge in [0.2, 0.25) is 0 Å². The molecule has 0 bridgehead atoms. The quantitative estimate of drug-likeness (QED) is 0.144. The zero-order valence-corrected chi connectivity index (χ0v) is 23.7. The first-order chi connectivity index (χ1) is 20.8. The highest BCUT2D eigenvalue weighted by atomic mass is 16.6. The summed E-state index contributed by atoms with van der Waals surface area (Å²) in [4.78, 5) is 38.7. The summed E-state index contributed by atoms with van der Waals surface area (Å²) in [6.07, 6.45) is 0. The van der Waals surface area contributed by atoms with Crippen LogP contribution in [-0.2, 0) is 6.61 Å². The number of nitrogens with one attached hydrogen (secondary N) is 1. The van der Waals surface area contributed by atoms with Crippen molar-refractivity contribution >= 4 is 28.9 Å². The normalized spacial score (nSPS) is 10.6. The molecule has 0 aliphatic heterocycles. The number of carbonyl (C=O) groups excluding carboxylic acids is 2. The Balaban J connectivity index is 1.29. The summed E-state index contributed by atoms with van der Waals surface area (Å²) in [7, 11) is 1.70. The largest absolute Gasteiger partial charge is 0.487 e. The molecule has 8 nitrogen and oxygen atoms in total. The zero-order valence-electron chi connectivity index (χ0n) is 23.7. The molecule has 0 saturated heterocycles. The van der Waals surface area contributed by atoms with Crippen molar-refractivity contribution in [2.24, 2.45) is 0 Å². The van der Waals surface area contributed by atoms with Crippen molar-refractivity contribution in [2.45, 2.75) is 13.5 Å². The molecular formula is C35H29N3O5. The Morgan fingerprint density at radius 2 is 1.51 bits per heavy atom. The van der Waals surface area contributed by atoms with Crippen LogP contribution in [0, 0.1) is 17.0 Å². The van der Waals surface area contributed by atoms with Crippen LogP contribution in [0.4, 0.5) is 17.1 Å². The first kappa shape index (κ1) is 28.8. The van der Waals surface area contributed by atoms with Crippen LogP contribution in [0.25, 0.3) is 11.1 Å². The van der Waals surface area contributed by atoms with Crippen LogP contribution < -0.4 is 15.0 Å². The Labute approximate surface area is 249 Å². The number of ether oxygens (including phenoxy) is 1. The number of benzene rings is 5. The lowest BCUT2D eigenvalue weighted by molar-refractivity contribution is -0.384. The molecule has 0 aromatic heterocycles. The number of aryl methyl sites for hydroxylation is 1. The number of rotatable bonds is 9. The van der Waals surface area contributed by atoms with Crippen molar-refractivity contribution in [1.82, 2.24) is 0 Å². The fourth-order valence-corrected chi connectivity index (χ4v) is 4.64. The second-order valence-corrected chi connectivity index (χ2v) is 9.99. The summed E-state index contributed by atoms with van der Waals surface area (Å²) in [5.41, 5.74) is 5.37. The Kier molecular flexibility index (Phi) is 8.58. The minimum absolute atomic E-state index is 0.0238. The van der Waals surface area contributed by atoms with Gasteiger partial charge in [0.05, 0.1) is 10.6 Å². The first-order valence-corrected chi connectivity index (χ1v) is 13.6. The molecule has 0 saturated carbocycles. The highest BCUT2D eigenvalue weighted by molar-refractivity contribution is 6.09. The predicted octanol–water partition coefficient (Wildman–Crippen LogP) is 7.68. The summed E-state index contributed by atoms with van der Waals surface area (Å²) >= 11 is 0. The van der Waals surface area contributed by atoms with E-state index < -0.39 is 4.92 Å². The number of hydrogen-bond acceptors (Lipinski definition) is 5. The Morgan fingerprint density at radius 1 is 0.837 bits per heavy atom. The number of amides is 2. The Hall–Kier alpha value is -5.76. The number of carbonyl (C=O) groups is 2. The van der Waals surface area contributed by atoms with Gasteiger partial charge in [0.15, 0.2) is 0 Å². The highest BCUT2D eigenvalue weighted by Gasteiger charge is 2.19. The van der Waals surface area contributed by atoms with Crippen molar-refractivity contribution in [1.29, 1.82) is 0 Å². The number of hydrogen-bond donors (Lipinski definition) is 1. The second kappa shape index (κ2) is 12.8. The molecule has 8 heteroatoms. The van der Waals surface area contributed by atoms with Gasteiger partial charge in [-0.3, -0.25) is 19.7 Å². The van der Waals surface area contributed by atoms with Crippen LogP contribution in [0.15, 0.2) is 121 Å². The minimum atomic E-state index is -0.464. The third kappa shape index (κ3) is 6.77. The molecule has 0 heterocycles. The average molecular weight is 572 g/mol. The summed E-state index contributed by atoms with van der Waals surface area (Å²) in [5.74, 6) is 0.0371. The van der Waals surface area contributed by atoms with Crippen LogP contribution in [0.2, 0.25) is 0 Å². The molecule has 0 aliphatic carbocycles. The second-order valence-electron chi connectivity index (χ2n) is 9.99. The molecule has 5 rings (SSSR count). The van der Waals surface area contributed by atoms with E-state index in [0.29, 0.717) is 46.0 Å². The van der Waals surface area contributed by atoms with Gasteiger partial charge in [-0.2, -0.15) is 0 Å². The SMILES string of the molecule is Cc1ccc(N(C)C(=O)c2ccc(NC(=O)c3ccccc3-c3ccc([N+](=O)[O-])cc3)cc2)c(OCc2ccccc2)c1.